The predicted octanol–water partition coefficient (Wildman–Crippen LogP) is 3.21. The lowest BCUT2D eigenvalue weighted by Crippen LogP contribution is -1.98. The van der Waals surface area contributed by atoms with Crippen molar-refractivity contribution in [3.05, 3.63) is 54.6 Å². The summed E-state index contributed by atoms with van der Waals surface area (Å²) in [5.74, 6) is 0. The zero-order valence-electron chi connectivity index (χ0n) is 8.87. The molecule has 2 aromatic rings. The number of nitrogens with one attached hydrogen (secondary N) is 1. The van der Waals surface area contributed by atoms with E-state index < -0.39 is 8.18 Å². The molecule has 0 fully saturated rings. The van der Waals surface area contributed by atoms with Gasteiger partial charge in [0.2, 0.25) is 0 Å². The highest BCUT2D eigenvalue weighted by atomic mass is 35.5. The van der Waals surface area contributed by atoms with Gasteiger partial charge in [0.1, 0.15) is 0 Å². The van der Waals surface area contributed by atoms with Crippen molar-refractivity contribution in [2.45, 2.75) is 0 Å². The van der Waals surface area contributed by atoms with Gasteiger partial charge in [0.15, 0.2) is 0 Å². The fourth-order valence-electron chi connectivity index (χ4n) is 1.55. The second kappa shape index (κ2) is 6.36. The van der Waals surface area contributed by atoms with E-state index >= 15 is 0 Å². The average molecular weight is 268 g/mol. The lowest BCUT2D eigenvalue weighted by Gasteiger charge is -2.06. The van der Waals surface area contributed by atoms with Gasteiger partial charge in [-0.2, -0.15) is 5.09 Å². The van der Waals surface area contributed by atoms with Crippen molar-refractivity contribution in [3.63, 3.8) is 0 Å². The minimum Gasteiger partial charge on any atom is -0.573 e. The summed E-state index contributed by atoms with van der Waals surface area (Å²) in [6.45, 7) is 0. The van der Waals surface area contributed by atoms with Crippen LogP contribution in [0.3, 0.4) is 0 Å². The van der Waals surface area contributed by atoms with E-state index in [0.29, 0.717) is 5.69 Å². The molecule has 0 aliphatic carbocycles. The summed E-state index contributed by atoms with van der Waals surface area (Å²) in [5.41, 5.74) is 2.47. The van der Waals surface area contributed by atoms with Gasteiger partial charge in [0.25, 0.3) is 0 Å². The molecule has 0 saturated carbocycles. The third-order valence-corrected chi connectivity index (χ3v) is 2.65. The number of hydrogen-bond donors (Lipinski definition) is 1. The van der Waals surface area contributed by atoms with Gasteiger partial charge in [0, 0.05) is 5.56 Å². The van der Waals surface area contributed by atoms with Crippen molar-refractivity contribution in [1.29, 1.82) is 0 Å². The Morgan fingerprint density at radius 3 is 2.18 bits per heavy atom. The third kappa shape index (κ3) is 3.53. The molecule has 1 N–H and O–H groups in total. The van der Waals surface area contributed by atoms with Crippen LogP contribution in [0.5, 0.6) is 0 Å². The molecule has 0 radical (unpaired) electrons. The predicted molar refractivity (Wildman–Crippen MR) is 70.4 cm³/mol. The van der Waals surface area contributed by atoms with E-state index in [1.165, 1.54) is 0 Å². The number of anilines is 1. The second-order valence-electron chi connectivity index (χ2n) is 3.28. The fraction of sp³-hybridized carbons (Fsp3) is 0. The smallest absolute Gasteiger partial charge is 0.437 e. The Kier molecular flexibility index (Phi) is 5.11. The molecule has 0 amide bonds. The third-order valence-electron chi connectivity index (χ3n) is 2.22. The molecule has 2 rings (SSSR count). The number of halogens is 1. The summed E-state index contributed by atoms with van der Waals surface area (Å²) < 4.78 is 10.7. The van der Waals surface area contributed by atoms with Crippen LogP contribution in [0.1, 0.15) is 0 Å². The molecule has 5 heteroatoms. The lowest BCUT2D eigenvalue weighted by molar-refractivity contribution is -0.162. The number of hydrogen-bond acceptors (Lipinski definition) is 2. The SMILES string of the molecule is Cl.O=[P+]([O-])Nc1ccccc1-c1ccccc1. The molecule has 2 aromatic carbocycles. The maximum absolute atomic E-state index is 10.7. The Balaban J connectivity index is 0.00000144. The van der Waals surface area contributed by atoms with Crippen molar-refractivity contribution in [3.8, 4) is 11.1 Å². The van der Waals surface area contributed by atoms with E-state index in [9.17, 15) is 9.46 Å². The first-order chi connectivity index (χ1) is 7.77. The molecular weight excluding hydrogens is 257 g/mol. The number of benzene rings is 2. The highest BCUT2D eigenvalue weighted by Gasteiger charge is 2.08. The van der Waals surface area contributed by atoms with Gasteiger partial charge < -0.3 is 4.89 Å². The first-order valence-corrected chi connectivity index (χ1v) is 6.00. The standard InChI is InChI=1S/C12H10NO2P.ClH/c14-16(15)13-12-9-5-4-8-11(12)10-6-2-1-3-7-10;/h1-9H,(H,13,14,15);1H. The number of para-hydroxylation sites is 1. The molecule has 0 aliphatic heterocycles. The molecule has 0 bridgehead atoms. The van der Waals surface area contributed by atoms with Crippen LogP contribution in [-0.4, -0.2) is 0 Å². The Bertz CT molecular complexity index is 505. The minimum absolute atomic E-state index is 0. The van der Waals surface area contributed by atoms with Gasteiger partial charge >= 0.3 is 8.18 Å². The van der Waals surface area contributed by atoms with Crippen molar-refractivity contribution in [1.82, 2.24) is 0 Å². The highest BCUT2D eigenvalue weighted by molar-refractivity contribution is 7.38. The van der Waals surface area contributed by atoms with Crippen LogP contribution in [0.15, 0.2) is 54.6 Å². The van der Waals surface area contributed by atoms with Crippen LogP contribution >= 0.6 is 20.6 Å². The van der Waals surface area contributed by atoms with Crippen molar-refractivity contribution in [2.75, 3.05) is 5.09 Å². The molecular formula is C12H11ClNO2P. The van der Waals surface area contributed by atoms with Gasteiger partial charge in [-0.3, -0.25) is 0 Å². The fourth-order valence-corrected chi connectivity index (χ4v) is 1.94. The molecule has 3 nitrogen and oxygen atoms in total. The topological polar surface area (TPSA) is 52.2 Å². The van der Waals surface area contributed by atoms with E-state index in [-0.39, 0.29) is 12.4 Å². The average Bonchev–Trinajstić information content (AvgIpc) is 2.30. The van der Waals surface area contributed by atoms with Crippen molar-refractivity contribution >= 4 is 26.3 Å². The molecule has 0 saturated heterocycles. The van der Waals surface area contributed by atoms with E-state index in [4.69, 9.17) is 0 Å². The van der Waals surface area contributed by atoms with Crippen LogP contribution < -0.4 is 9.98 Å². The Hall–Kier alpha value is -1.41. The first kappa shape index (κ1) is 13.7. The second-order valence-corrected chi connectivity index (χ2v) is 4.02. The van der Waals surface area contributed by atoms with Crippen LogP contribution in [0.2, 0.25) is 0 Å². The summed E-state index contributed by atoms with van der Waals surface area (Å²) in [6, 6.07) is 17.0. The lowest BCUT2D eigenvalue weighted by atomic mass is 10.0. The molecule has 0 aliphatic rings. The molecule has 0 heterocycles. The summed E-state index contributed by atoms with van der Waals surface area (Å²) in [4.78, 5) is 10.7. The van der Waals surface area contributed by atoms with Crippen LogP contribution in [0.4, 0.5) is 5.69 Å². The summed E-state index contributed by atoms with van der Waals surface area (Å²) >= 11 is 0. The summed E-state index contributed by atoms with van der Waals surface area (Å²) in [6.07, 6.45) is 0. The normalized spacial score (nSPS) is 10.3. The molecule has 1 unspecified atom stereocenters. The van der Waals surface area contributed by atoms with E-state index in [1.54, 1.807) is 12.1 Å². The first-order valence-electron chi connectivity index (χ1n) is 4.83. The van der Waals surface area contributed by atoms with Gasteiger partial charge in [0.05, 0.1) is 5.69 Å². The van der Waals surface area contributed by atoms with E-state index in [0.717, 1.165) is 11.1 Å². The Morgan fingerprint density at radius 2 is 1.53 bits per heavy atom. The van der Waals surface area contributed by atoms with Crippen molar-refractivity contribution < 1.29 is 9.46 Å². The summed E-state index contributed by atoms with van der Waals surface area (Å²) in [5, 5.41) is 2.43. The zero-order valence-corrected chi connectivity index (χ0v) is 10.6. The highest BCUT2D eigenvalue weighted by Crippen LogP contribution is 2.30. The largest absolute Gasteiger partial charge is 0.573 e. The number of rotatable bonds is 3. The van der Waals surface area contributed by atoms with Crippen molar-refractivity contribution in [2.24, 2.45) is 0 Å². The van der Waals surface area contributed by atoms with E-state index in [2.05, 4.69) is 5.09 Å². The van der Waals surface area contributed by atoms with Gasteiger partial charge in [-0.25, -0.2) is 0 Å². The summed E-state index contributed by atoms with van der Waals surface area (Å²) in [7, 11) is -2.63. The molecule has 1 atom stereocenters. The van der Waals surface area contributed by atoms with Gasteiger partial charge in [-0.1, -0.05) is 48.5 Å². The molecule has 0 spiro atoms. The monoisotopic (exact) mass is 267 g/mol. The molecule has 88 valence electrons. The van der Waals surface area contributed by atoms with Crippen LogP contribution in [-0.2, 0) is 4.57 Å². The Labute approximate surface area is 107 Å². The van der Waals surface area contributed by atoms with Crippen LogP contribution in [0.25, 0.3) is 11.1 Å². The zero-order chi connectivity index (χ0) is 11.4. The van der Waals surface area contributed by atoms with Crippen LogP contribution in [0, 0.1) is 0 Å². The molecule has 17 heavy (non-hydrogen) atoms. The minimum atomic E-state index is -2.63. The van der Waals surface area contributed by atoms with E-state index in [1.807, 2.05) is 42.5 Å². The van der Waals surface area contributed by atoms with Gasteiger partial charge in [-0.05, 0) is 16.2 Å². The Morgan fingerprint density at radius 1 is 0.941 bits per heavy atom. The quantitative estimate of drug-likeness (QED) is 0.869. The maximum Gasteiger partial charge on any atom is 0.437 e. The van der Waals surface area contributed by atoms with Gasteiger partial charge in [-0.15, -0.1) is 12.4 Å². The molecule has 0 aromatic heterocycles. The maximum atomic E-state index is 10.7.